The summed E-state index contributed by atoms with van der Waals surface area (Å²) in [7, 11) is 0. The van der Waals surface area contributed by atoms with Crippen molar-refractivity contribution in [2.75, 3.05) is 6.61 Å². The number of fused-ring (bicyclic) bond motifs is 1. The summed E-state index contributed by atoms with van der Waals surface area (Å²) in [6.07, 6.45) is 1.59. The Kier molecular flexibility index (Phi) is 7.35. The molecule has 0 amide bonds. The zero-order valence-electron chi connectivity index (χ0n) is 23.3. The van der Waals surface area contributed by atoms with Gasteiger partial charge in [-0.25, -0.2) is 9.79 Å². The Hall–Kier alpha value is -4.57. The van der Waals surface area contributed by atoms with Gasteiger partial charge in [0.05, 0.1) is 38.9 Å². The van der Waals surface area contributed by atoms with Crippen molar-refractivity contribution in [2.24, 2.45) is 4.99 Å². The number of hydrogen-bond acceptors (Lipinski definition) is 8. The number of aromatic nitrogens is 1. The van der Waals surface area contributed by atoms with E-state index in [0.29, 0.717) is 37.7 Å². The summed E-state index contributed by atoms with van der Waals surface area (Å²) in [4.78, 5) is 43.0. The van der Waals surface area contributed by atoms with E-state index >= 15 is 0 Å². The Morgan fingerprint density at radius 3 is 2.51 bits per heavy atom. The maximum atomic E-state index is 13.9. The molecule has 1 atom stereocenters. The van der Waals surface area contributed by atoms with Crippen LogP contribution in [0.2, 0.25) is 0 Å². The van der Waals surface area contributed by atoms with Gasteiger partial charge in [-0.15, -0.1) is 0 Å². The van der Waals surface area contributed by atoms with E-state index in [1.54, 1.807) is 50.3 Å². The molecule has 0 fully saturated rings. The van der Waals surface area contributed by atoms with E-state index < -0.39 is 16.9 Å². The van der Waals surface area contributed by atoms with Gasteiger partial charge in [-0.05, 0) is 48.6 Å². The Labute approximate surface area is 239 Å². The van der Waals surface area contributed by atoms with Gasteiger partial charge in [0.1, 0.15) is 11.5 Å². The third-order valence-electron chi connectivity index (χ3n) is 6.88. The molecule has 2 aromatic carbocycles. The molecule has 0 bridgehead atoms. The number of esters is 1. The van der Waals surface area contributed by atoms with E-state index in [9.17, 15) is 19.7 Å². The van der Waals surface area contributed by atoms with Crippen molar-refractivity contribution in [3.05, 3.63) is 119 Å². The molecule has 2 aromatic heterocycles. The number of para-hydroxylation sites is 1. The first kappa shape index (κ1) is 28.0. The lowest BCUT2D eigenvalue weighted by Gasteiger charge is -2.26. The van der Waals surface area contributed by atoms with Crippen LogP contribution in [0, 0.1) is 10.1 Å². The largest absolute Gasteiger partial charge is 0.463 e. The van der Waals surface area contributed by atoms with Crippen molar-refractivity contribution < 1.29 is 18.9 Å². The smallest absolute Gasteiger partial charge is 0.338 e. The number of benzene rings is 2. The zero-order valence-corrected chi connectivity index (χ0v) is 24.2. The molecule has 9 nitrogen and oxygen atoms in total. The van der Waals surface area contributed by atoms with Gasteiger partial charge in [0.25, 0.3) is 11.2 Å². The lowest BCUT2D eigenvalue weighted by molar-refractivity contribution is -0.384. The molecule has 210 valence electrons. The number of ether oxygens (including phenoxy) is 1. The maximum Gasteiger partial charge on any atom is 0.338 e. The van der Waals surface area contributed by atoms with Crippen LogP contribution < -0.4 is 14.9 Å². The molecule has 4 aromatic rings. The molecular weight excluding hydrogens is 542 g/mol. The SMILES string of the molecule is CCOC(=O)C1=C(C)N=c2sc(=Cc3ccc(-c4ccccc4[N+](=O)[O-])o3)c(=O)n2C1c1ccc(C(C)(C)C)cc1. The van der Waals surface area contributed by atoms with Crippen LogP contribution in [0.25, 0.3) is 17.4 Å². The van der Waals surface area contributed by atoms with Crippen molar-refractivity contribution in [2.45, 2.75) is 46.1 Å². The fourth-order valence-electron chi connectivity index (χ4n) is 4.82. The van der Waals surface area contributed by atoms with Gasteiger partial charge in [0.2, 0.25) is 0 Å². The summed E-state index contributed by atoms with van der Waals surface area (Å²) >= 11 is 1.18. The van der Waals surface area contributed by atoms with E-state index in [1.807, 2.05) is 24.3 Å². The summed E-state index contributed by atoms with van der Waals surface area (Å²) in [6.45, 7) is 10.0. The number of hydrogen-bond donors (Lipinski definition) is 0. The Morgan fingerprint density at radius 2 is 1.85 bits per heavy atom. The van der Waals surface area contributed by atoms with Crippen LogP contribution in [0.4, 0.5) is 5.69 Å². The van der Waals surface area contributed by atoms with Gasteiger partial charge in [-0.2, -0.15) is 0 Å². The van der Waals surface area contributed by atoms with E-state index in [2.05, 4.69) is 25.8 Å². The summed E-state index contributed by atoms with van der Waals surface area (Å²) < 4.78 is 13.1. The summed E-state index contributed by atoms with van der Waals surface area (Å²) in [6, 6.07) is 16.8. The fourth-order valence-corrected chi connectivity index (χ4v) is 5.84. The lowest BCUT2D eigenvalue weighted by Crippen LogP contribution is -2.40. The first-order valence-electron chi connectivity index (χ1n) is 13.1. The predicted molar refractivity (Wildman–Crippen MR) is 156 cm³/mol. The fraction of sp³-hybridized carbons (Fsp3) is 0.258. The molecule has 3 heterocycles. The van der Waals surface area contributed by atoms with Crippen molar-refractivity contribution in [3.8, 4) is 11.3 Å². The molecule has 1 unspecified atom stereocenters. The van der Waals surface area contributed by atoms with Crippen LogP contribution in [-0.4, -0.2) is 22.1 Å². The quantitative estimate of drug-likeness (QED) is 0.177. The second-order valence-corrected chi connectivity index (χ2v) is 11.7. The summed E-state index contributed by atoms with van der Waals surface area (Å²) in [5.41, 5.74) is 2.55. The molecule has 0 saturated heterocycles. The molecule has 0 radical (unpaired) electrons. The molecule has 1 aliphatic rings. The first-order valence-corrected chi connectivity index (χ1v) is 13.9. The van der Waals surface area contributed by atoms with E-state index in [1.165, 1.54) is 22.0 Å². The second-order valence-electron chi connectivity index (χ2n) is 10.7. The monoisotopic (exact) mass is 571 g/mol. The standard InChI is InChI=1S/C31H29N3O6S/c1-6-39-29(36)26-18(2)32-30-33(27(26)19-11-13-20(14-12-19)31(3,4)5)28(35)25(41-30)17-21-15-16-24(40-21)22-9-7-8-10-23(22)34(37)38/h7-17,27H,6H2,1-5H3. The highest BCUT2D eigenvalue weighted by Gasteiger charge is 2.33. The third kappa shape index (κ3) is 5.30. The van der Waals surface area contributed by atoms with E-state index in [-0.39, 0.29) is 23.3 Å². The highest BCUT2D eigenvalue weighted by molar-refractivity contribution is 7.07. The Morgan fingerprint density at radius 1 is 1.15 bits per heavy atom. The van der Waals surface area contributed by atoms with Crippen LogP contribution in [0.3, 0.4) is 0 Å². The lowest BCUT2D eigenvalue weighted by atomic mass is 9.85. The average molecular weight is 572 g/mol. The van der Waals surface area contributed by atoms with Crippen LogP contribution in [0.15, 0.2) is 86.1 Å². The summed E-state index contributed by atoms with van der Waals surface area (Å²) in [5.74, 6) is 0.150. The normalized spacial score (nSPS) is 15.4. The number of carbonyl (C=O) groups excluding carboxylic acids is 1. The minimum absolute atomic E-state index is 0.0647. The number of thiazole rings is 1. The van der Waals surface area contributed by atoms with E-state index in [0.717, 1.165) is 11.1 Å². The van der Waals surface area contributed by atoms with Crippen molar-refractivity contribution >= 4 is 29.1 Å². The number of rotatable bonds is 6. The number of nitrogens with zero attached hydrogens (tertiary/aromatic N) is 3. The summed E-state index contributed by atoms with van der Waals surface area (Å²) in [5, 5.41) is 11.5. The number of furan rings is 1. The Bertz CT molecular complexity index is 1870. The van der Waals surface area contributed by atoms with Crippen LogP contribution in [0.5, 0.6) is 0 Å². The molecule has 10 heteroatoms. The van der Waals surface area contributed by atoms with Crippen LogP contribution in [-0.2, 0) is 14.9 Å². The highest BCUT2D eigenvalue weighted by Crippen LogP contribution is 2.33. The highest BCUT2D eigenvalue weighted by atomic mass is 32.1. The van der Waals surface area contributed by atoms with E-state index in [4.69, 9.17) is 9.15 Å². The minimum atomic E-state index is -0.722. The van der Waals surface area contributed by atoms with Gasteiger partial charge in [-0.1, -0.05) is 68.5 Å². The van der Waals surface area contributed by atoms with Crippen molar-refractivity contribution in [3.63, 3.8) is 0 Å². The number of nitro benzene ring substituents is 1. The molecule has 0 saturated carbocycles. The van der Waals surface area contributed by atoms with Crippen molar-refractivity contribution in [1.29, 1.82) is 0 Å². The number of allylic oxidation sites excluding steroid dienone is 1. The molecule has 41 heavy (non-hydrogen) atoms. The second kappa shape index (κ2) is 10.8. The average Bonchev–Trinajstić information content (AvgIpc) is 3.51. The third-order valence-corrected chi connectivity index (χ3v) is 7.86. The van der Waals surface area contributed by atoms with Gasteiger partial charge in [0, 0.05) is 12.1 Å². The van der Waals surface area contributed by atoms with Gasteiger partial charge in [-0.3, -0.25) is 19.5 Å². The molecule has 0 spiro atoms. The molecule has 0 N–H and O–H groups in total. The first-order chi connectivity index (χ1) is 19.5. The number of nitro groups is 1. The molecule has 0 aliphatic carbocycles. The van der Waals surface area contributed by atoms with Gasteiger partial charge in [0.15, 0.2) is 4.80 Å². The van der Waals surface area contributed by atoms with Crippen LogP contribution >= 0.6 is 11.3 Å². The molecule has 5 rings (SSSR count). The Balaban J connectivity index is 1.63. The topological polar surface area (TPSA) is 117 Å². The predicted octanol–water partition coefficient (Wildman–Crippen LogP) is 5.26. The van der Waals surface area contributed by atoms with Gasteiger partial charge >= 0.3 is 5.97 Å². The van der Waals surface area contributed by atoms with Crippen molar-refractivity contribution in [1.82, 2.24) is 4.57 Å². The minimum Gasteiger partial charge on any atom is -0.463 e. The van der Waals surface area contributed by atoms with Gasteiger partial charge < -0.3 is 9.15 Å². The zero-order chi connectivity index (χ0) is 29.5. The van der Waals surface area contributed by atoms with Crippen LogP contribution in [0.1, 0.15) is 57.5 Å². The molecule has 1 aliphatic heterocycles. The molecular formula is C31H29N3O6S. The maximum absolute atomic E-state index is 13.9. The number of carbonyl (C=O) groups is 1.